The van der Waals surface area contributed by atoms with Gasteiger partial charge in [-0.15, -0.1) is 0 Å². The molecule has 1 aromatic heterocycles. The molecule has 1 unspecified atom stereocenters. The summed E-state index contributed by atoms with van der Waals surface area (Å²) in [5.41, 5.74) is 2.78. The van der Waals surface area contributed by atoms with Gasteiger partial charge < -0.3 is 5.11 Å². The number of hydrogen-bond acceptors (Lipinski definition) is 3. The highest BCUT2D eigenvalue weighted by Gasteiger charge is 2.20. The van der Waals surface area contributed by atoms with E-state index in [1.807, 2.05) is 50.2 Å². The van der Waals surface area contributed by atoms with E-state index in [1.54, 1.807) is 29.7 Å². The Morgan fingerprint density at radius 2 is 1.62 bits per heavy atom. The molecule has 0 fully saturated rings. The molecule has 0 saturated heterocycles. The van der Waals surface area contributed by atoms with Crippen LogP contribution in [-0.4, -0.2) is 14.7 Å². The predicted octanol–water partition coefficient (Wildman–Crippen LogP) is 3.84. The van der Waals surface area contributed by atoms with Gasteiger partial charge in [-0.2, -0.15) is 0 Å². The molecule has 0 aliphatic carbocycles. The summed E-state index contributed by atoms with van der Waals surface area (Å²) >= 11 is 0. The lowest BCUT2D eigenvalue weighted by Crippen LogP contribution is -2.29. The fourth-order valence-corrected chi connectivity index (χ4v) is 2.82. The number of nitrogens with zero attached hydrogens (tertiary/aromatic N) is 2. The van der Waals surface area contributed by atoms with Crippen molar-refractivity contribution in [3.05, 3.63) is 81.8 Å². The number of rotatable bonds is 3. The van der Waals surface area contributed by atoms with Crippen LogP contribution in [0, 0.1) is 13.8 Å². The molecule has 0 saturated carbocycles. The van der Waals surface area contributed by atoms with E-state index in [4.69, 9.17) is 0 Å². The van der Waals surface area contributed by atoms with Crippen LogP contribution in [0.15, 0.2) is 59.4 Å². The normalized spacial score (nSPS) is 12.1. The van der Waals surface area contributed by atoms with Gasteiger partial charge in [-0.1, -0.05) is 42.5 Å². The quantitative estimate of drug-likeness (QED) is 0.797. The van der Waals surface area contributed by atoms with E-state index >= 15 is 0 Å². The van der Waals surface area contributed by atoms with Crippen molar-refractivity contribution in [3.63, 3.8) is 0 Å². The van der Waals surface area contributed by atoms with E-state index in [2.05, 4.69) is 4.98 Å². The van der Waals surface area contributed by atoms with Crippen molar-refractivity contribution >= 4 is 0 Å². The Kier molecular flexibility index (Phi) is 4.21. The first-order valence-electron chi connectivity index (χ1n) is 7.93. The van der Waals surface area contributed by atoms with Crippen LogP contribution in [0.2, 0.25) is 0 Å². The summed E-state index contributed by atoms with van der Waals surface area (Å²) in [6.07, 6.45) is 0. The minimum Gasteiger partial charge on any atom is -0.507 e. The zero-order valence-corrected chi connectivity index (χ0v) is 14.0. The monoisotopic (exact) mass is 320 g/mol. The Labute approximate surface area is 141 Å². The van der Waals surface area contributed by atoms with Gasteiger partial charge in [0, 0.05) is 11.3 Å². The highest BCUT2D eigenvalue weighted by molar-refractivity contribution is 5.64. The molecule has 0 bridgehead atoms. The van der Waals surface area contributed by atoms with Crippen LogP contribution in [0.4, 0.5) is 0 Å². The van der Waals surface area contributed by atoms with Gasteiger partial charge in [0.05, 0.1) is 11.6 Å². The van der Waals surface area contributed by atoms with Crippen molar-refractivity contribution in [2.45, 2.75) is 26.8 Å². The lowest BCUT2D eigenvalue weighted by atomic mass is 10.1. The molecule has 24 heavy (non-hydrogen) atoms. The molecule has 0 amide bonds. The molecule has 3 aromatic rings. The number of benzene rings is 2. The summed E-state index contributed by atoms with van der Waals surface area (Å²) in [5.74, 6) is 0.596. The average Bonchev–Trinajstić information content (AvgIpc) is 2.60. The van der Waals surface area contributed by atoms with Crippen LogP contribution in [-0.2, 0) is 0 Å². The molecule has 2 aromatic carbocycles. The summed E-state index contributed by atoms with van der Waals surface area (Å²) in [5, 5.41) is 10.2. The maximum absolute atomic E-state index is 13.0. The highest BCUT2D eigenvalue weighted by atomic mass is 16.3. The summed E-state index contributed by atoms with van der Waals surface area (Å²) in [6.45, 7) is 5.57. The Balaban J connectivity index is 2.31. The molecule has 1 atom stereocenters. The fraction of sp³-hybridized carbons (Fsp3) is 0.200. The summed E-state index contributed by atoms with van der Waals surface area (Å²) < 4.78 is 1.66. The fourth-order valence-electron chi connectivity index (χ4n) is 2.82. The maximum Gasteiger partial charge on any atom is 0.257 e. The second-order valence-corrected chi connectivity index (χ2v) is 5.92. The predicted molar refractivity (Wildman–Crippen MR) is 95.3 cm³/mol. The smallest absolute Gasteiger partial charge is 0.257 e. The van der Waals surface area contributed by atoms with Gasteiger partial charge >= 0.3 is 0 Å². The molecule has 0 aliphatic rings. The molecule has 122 valence electrons. The van der Waals surface area contributed by atoms with E-state index in [-0.39, 0.29) is 17.4 Å². The first-order valence-corrected chi connectivity index (χ1v) is 7.93. The van der Waals surface area contributed by atoms with Crippen molar-refractivity contribution in [3.8, 4) is 17.1 Å². The summed E-state index contributed by atoms with van der Waals surface area (Å²) in [4.78, 5) is 17.6. The largest absolute Gasteiger partial charge is 0.507 e. The standard InChI is InChI=1S/C20H20N2O2/c1-13-14(2)21-19(17-11-7-8-12-18(17)23)22(20(13)24)15(3)16-9-5-4-6-10-16/h4-12,15,23H,1-3H3. The van der Waals surface area contributed by atoms with Crippen LogP contribution in [0.25, 0.3) is 11.4 Å². The molecule has 4 heteroatoms. The maximum atomic E-state index is 13.0. The molecule has 1 heterocycles. The van der Waals surface area contributed by atoms with Gasteiger partial charge in [0.25, 0.3) is 5.56 Å². The number of aromatic nitrogens is 2. The lowest BCUT2D eigenvalue weighted by Gasteiger charge is -2.21. The molecular formula is C20H20N2O2. The van der Waals surface area contributed by atoms with Gasteiger partial charge in [-0.25, -0.2) is 4.98 Å². The SMILES string of the molecule is Cc1nc(-c2ccccc2O)n(C(C)c2ccccc2)c(=O)c1C. The minimum atomic E-state index is -0.194. The first-order chi connectivity index (χ1) is 11.5. The van der Waals surface area contributed by atoms with E-state index in [1.165, 1.54) is 0 Å². The number of phenols is 1. The Bertz CT molecular complexity index is 930. The van der Waals surface area contributed by atoms with Crippen molar-refractivity contribution in [2.75, 3.05) is 0 Å². The second kappa shape index (κ2) is 6.32. The van der Waals surface area contributed by atoms with Crippen LogP contribution in [0.1, 0.15) is 29.8 Å². The summed E-state index contributed by atoms with van der Waals surface area (Å²) in [6, 6.07) is 16.6. The van der Waals surface area contributed by atoms with Crippen LogP contribution < -0.4 is 5.56 Å². The minimum absolute atomic E-state index is 0.0860. The first kappa shape index (κ1) is 16.0. The number of hydrogen-bond donors (Lipinski definition) is 1. The van der Waals surface area contributed by atoms with Gasteiger partial charge in [-0.3, -0.25) is 9.36 Å². The third kappa shape index (κ3) is 2.71. The summed E-state index contributed by atoms with van der Waals surface area (Å²) in [7, 11) is 0. The Morgan fingerprint density at radius 3 is 2.29 bits per heavy atom. The topological polar surface area (TPSA) is 55.1 Å². The van der Waals surface area contributed by atoms with Gasteiger partial charge in [0.1, 0.15) is 11.6 Å². The molecule has 0 spiro atoms. The van der Waals surface area contributed by atoms with Crippen LogP contribution >= 0.6 is 0 Å². The van der Waals surface area contributed by atoms with Crippen LogP contribution in [0.5, 0.6) is 5.75 Å². The van der Waals surface area contributed by atoms with Gasteiger partial charge in [-0.05, 0) is 38.5 Å². The lowest BCUT2D eigenvalue weighted by molar-refractivity contribution is 0.475. The average molecular weight is 320 g/mol. The Hall–Kier alpha value is -2.88. The van der Waals surface area contributed by atoms with Gasteiger partial charge in [0.2, 0.25) is 0 Å². The van der Waals surface area contributed by atoms with Crippen LogP contribution in [0.3, 0.4) is 0 Å². The zero-order valence-electron chi connectivity index (χ0n) is 14.0. The molecule has 0 radical (unpaired) electrons. The van der Waals surface area contributed by atoms with Crippen molar-refractivity contribution in [1.82, 2.24) is 9.55 Å². The third-order valence-corrected chi connectivity index (χ3v) is 4.40. The van der Waals surface area contributed by atoms with Crippen molar-refractivity contribution in [2.24, 2.45) is 0 Å². The Morgan fingerprint density at radius 1 is 1.00 bits per heavy atom. The second-order valence-electron chi connectivity index (χ2n) is 5.92. The van der Waals surface area contributed by atoms with E-state index in [9.17, 15) is 9.90 Å². The number of aryl methyl sites for hydroxylation is 1. The number of aromatic hydroxyl groups is 1. The molecule has 3 rings (SSSR count). The van der Waals surface area contributed by atoms with Crippen molar-refractivity contribution in [1.29, 1.82) is 0 Å². The molecular weight excluding hydrogens is 300 g/mol. The highest BCUT2D eigenvalue weighted by Crippen LogP contribution is 2.30. The van der Waals surface area contributed by atoms with Gasteiger partial charge in [0.15, 0.2) is 0 Å². The molecule has 1 N–H and O–H groups in total. The zero-order chi connectivity index (χ0) is 17.3. The van der Waals surface area contributed by atoms with E-state index in [0.29, 0.717) is 22.6 Å². The number of phenolic OH excluding ortho intramolecular Hbond substituents is 1. The molecule has 0 aliphatic heterocycles. The third-order valence-electron chi connectivity index (χ3n) is 4.40. The van der Waals surface area contributed by atoms with E-state index in [0.717, 1.165) is 5.56 Å². The number of para-hydroxylation sites is 1. The van der Waals surface area contributed by atoms with Crippen molar-refractivity contribution < 1.29 is 5.11 Å². The van der Waals surface area contributed by atoms with E-state index < -0.39 is 0 Å². The molecule has 4 nitrogen and oxygen atoms in total.